The van der Waals surface area contributed by atoms with Crippen LogP contribution in [0.5, 0.6) is 0 Å². The monoisotopic (exact) mass is 428 g/mol. The number of carbonyl (C=O) groups excluding carboxylic acids is 2. The highest BCUT2D eigenvalue weighted by molar-refractivity contribution is 9.09. The summed E-state index contributed by atoms with van der Waals surface area (Å²) >= 11 is 3.63. The van der Waals surface area contributed by atoms with Gasteiger partial charge in [0.1, 0.15) is 0 Å². The van der Waals surface area contributed by atoms with Crippen LogP contribution >= 0.6 is 15.9 Å². The third-order valence-electron chi connectivity index (χ3n) is 4.56. The van der Waals surface area contributed by atoms with Gasteiger partial charge in [0.2, 0.25) is 5.60 Å². The number of rotatable bonds is 6. The third kappa shape index (κ3) is 4.30. The highest BCUT2D eigenvalue weighted by Crippen LogP contribution is 2.39. The first-order valence-electron chi connectivity index (χ1n) is 8.89. The molecular formula is C22H21BrO4. The maximum Gasteiger partial charge on any atom is 0.352 e. The molecule has 0 radical (unpaired) electrons. The van der Waals surface area contributed by atoms with Crippen molar-refractivity contribution in [3.8, 4) is 0 Å². The molecule has 1 unspecified atom stereocenters. The average Bonchev–Trinajstić information content (AvgIpc) is 2.69. The minimum absolute atomic E-state index is 0.216. The predicted octanol–water partition coefficient (Wildman–Crippen LogP) is 4.33. The van der Waals surface area contributed by atoms with E-state index in [-0.39, 0.29) is 13.0 Å². The Bertz CT molecular complexity index is 832. The van der Waals surface area contributed by atoms with Crippen LogP contribution in [0.1, 0.15) is 24.5 Å². The van der Waals surface area contributed by atoms with Crippen molar-refractivity contribution in [3.63, 3.8) is 0 Å². The summed E-state index contributed by atoms with van der Waals surface area (Å²) < 4.78 is 10.9. The number of cyclic esters (lactones) is 1. The lowest BCUT2D eigenvalue weighted by Crippen LogP contribution is -2.53. The van der Waals surface area contributed by atoms with Gasteiger partial charge in [-0.1, -0.05) is 76.6 Å². The van der Waals surface area contributed by atoms with E-state index in [0.717, 1.165) is 16.7 Å². The van der Waals surface area contributed by atoms with Gasteiger partial charge >= 0.3 is 11.9 Å². The highest BCUT2D eigenvalue weighted by atomic mass is 79.9. The molecule has 1 heterocycles. The van der Waals surface area contributed by atoms with Crippen LogP contribution in [-0.2, 0) is 25.5 Å². The fourth-order valence-corrected chi connectivity index (χ4v) is 4.03. The molecule has 0 saturated heterocycles. The summed E-state index contributed by atoms with van der Waals surface area (Å²) in [6, 6.07) is 19.3. The molecule has 0 amide bonds. The fourth-order valence-electron chi connectivity index (χ4n) is 3.21. The zero-order chi connectivity index (χ0) is 19.3. The lowest BCUT2D eigenvalue weighted by Gasteiger charge is -2.38. The molecule has 2 atom stereocenters. The van der Waals surface area contributed by atoms with Gasteiger partial charge in [-0.2, -0.15) is 0 Å². The molecule has 0 spiro atoms. The Morgan fingerprint density at radius 2 is 1.78 bits per heavy atom. The van der Waals surface area contributed by atoms with E-state index in [1.165, 1.54) is 6.08 Å². The van der Waals surface area contributed by atoms with Crippen LogP contribution in [-0.4, -0.2) is 29.0 Å². The molecule has 5 heteroatoms. The molecule has 27 heavy (non-hydrogen) atoms. The van der Waals surface area contributed by atoms with Gasteiger partial charge in [0.05, 0.1) is 11.4 Å². The van der Waals surface area contributed by atoms with E-state index in [4.69, 9.17) is 9.47 Å². The second-order valence-corrected chi connectivity index (χ2v) is 7.51. The number of hydrogen-bond donors (Lipinski definition) is 0. The first kappa shape index (κ1) is 19.4. The molecular weight excluding hydrogens is 408 g/mol. The smallest absolute Gasteiger partial charge is 0.352 e. The molecule has 0 fully saturated rings. The van der Waals surface area contributed by atoms with Gasteiger partial charge in [0.25, 0.3) is 0 Å². The number of ether oxygens (including phenoxy) is 2. The zero-order valence-electron chi connectivity index (χ0n) is 15.1. The molecule has 3 rings (SSSR count). The molecule has 0 saturated carbocycles. The normalized spacial score (nSPS) is 20.4. The van der Waals surface area contributed by atoms with Crippen LogP contribution in [0.4, 0.5) is 0 Å². The molecule has 140 valence electrons. The zero-order valence-corrected chi connectivity index (χ0v) is 16.6. The molecule has 0 aliphatic carbocycles. The lowest BCUT2D eigenvalue weighted by atomic mass is 9.83. The number of carbonyl (C=O) groups is 2. The van der Waals surface area contributed by atoms with Crippen molar-refractivity contribution in [2.45, 2.75) is 30.2 Å². The van der Waals surface area contributed by atoms with E-state index >= 15 is 0 Å². The standard InChI is InChI=1S/C22H21BrO4/c1-2-26-21(25)22(19(23)13-16-9-5-3-6-10-16)15-18(14-20(24)27-22)17-11-7-4-8-12-17/h3-12,14,19H,2,13,15H2,1H3/t19-,22?/m0/s1. The predicted molar refractivity (Wildman–Crippen MR) is 107 cm³/mol. The van der Waals surface area contributed by atoms with Gasteiger partial charge < -0.3 is 9.47 Å². The third-order valence-corrected chi connectivity index (χ3v) is 5.62. The van der Waals surface area contributed by atoms with Crippen LogP contribution in [0.3, 0.4) is 0 Å². The summed E-state index contributed by atoms with van der Waals surface area (Å²) in [6.07, 6.45) is 2.23. The Balaban J connectivity index is 1.96. The first-order chi connectivity index (χ1) is 13.0. The minimum Gasteiger partial charge on any atom is -0.463 e. The van der Waals surface area contributed by atoms with Crippen molar-refractivity contribution in [2.24, 2.45) is 0 Å². The van der Waals surface area contributed by atoms with Gasteiger partial charge in [-0.3, -0.25) is 0 Å². The Hall–Kier alpha value is -2.40. The van der Waals surface area contributed by atoms with E-state index in [2.05, 4.69) is 15.9 Å². The van der Waals surface area contributed by atoms with Crippen molar-refractivity contribution in [1.82, 2.24) is 0 Å². The van der Waals surface area contributed by atoms with Crippen molar-refractivity contribution >= 4 is 33.4 Å². The first-order valence-corrected chi connectivity index (χ1v) is 9.81. The topological polar surface area (TPSA) is 52.6 Å². The van der Waals surface area contributed by atoms with E-state index in [1.54, 1.807) is 6.92 Å². The van der Waals surface area contributed by atoms with E-state index in [1.807, 2.05) is 60.7 Å². The SMILES string of the molecule is CCOC(=O)C1([C@@H](Br)Cc2ccccc2)CC(c2ccccc2)=CC(=O)O1. The molecule has 0 bridgehead atoms. The Kier molecular flexibility index (Phi) is 6.11. The van der Waals surface area contributed by atoms with Gasteiger partial charge in [-0.15, -0.1) is 0 Å². The summed E-state index contributed by atoms with van der Waals surface area (Å²) in [6.45, 7) is 1.96. The molecule has 1 aliphatic rings. The fraction of sp³-hybridized carbons (Fsp3) is 0.273. The number of esters is 2. The maximum atomic E-state index is 12.9. The second kappa shape index (κ2) is 8.53. The second-order valence-electron chi connectivity index (χ2n) is 6.40. The minimum atomic E-state index is -1.41. The summed E-state index contributed by atoms with van der Waals surface area (Å²) in [5.41, 5.74) is 1.28. The maximum absolute atomic E-state index is 12.9. The number of benzene rings is 2. The summed E-state index contributed by atoms with van der Waals surface area (Å²) in [5.74, 6) is -1.07. The number of halogens is 1. The lowest BCUT2D eigenvalue weighted by molar-refractivity contribution is -0.180. The Morgan fingerprint density at radius 3 is 2.41 bits per heavy atom. The average molecular weight is 429 g/mol. The van der Waals surface area contributed by atoms with Crippen LogP contribution in [0, 0.1) is 0 Å². The van der Waals surface area contributed by atoms with E-state index < -0.39 is 22.4 Å². The Labute approximate surface area is 167 Å². The largest absolute Gasteiger partial charge is 0.463 e. The van der Waals surface area contributed by atoms with Crippen molar-refractivity contribution < 1.29 is 19.1 Å². The van der Waals surface area contributed by atoms with Crippen LogP contribution in [0.2, 0.25) is 0 Å². The molecule has 0 N–H and O–H groups in total. The number of alkyl halides is 1. The highest BCUT2D eigenvalue weighted by Gasteiger charge is 2.52. The van der Waals surface area contributed by atoms with Crippen molar-refractivity contribution in [1.29, 1.82) is 0 Å². The quantitative estimate of drug-likeness (QED) is 0.507. The van der Waals surface area contributed by atoms with Crippen LogP contribution < -0.4 is 0 Å². The molecule has 2 aromatic carbocycles. The van der Waals surface area contributed by atoms with E-state index in [0.29, 0.717) is 6.42 Å². The molecule has 2 aromatic rings. The number of hydrogen-bond acceptors (Lipinski definition) is 4. The van der Waals surface area contributed by atoms with Crippen LogP contribution in [0.25, 0.3) is 5.57 Å². The Morgan fingerprint density at radius 1 is 1.15 bits per heavy atom. The van der Waals surface area contributed by atoms with Gasteiger partial charge in [0.15, 0.2) is 0 Å². The summed E-state index contributed by atoms with van der Waals surface area (Å²) in [5, 5.41) is 0. The van der Waals surface area contributed by atoms with Gasteiger partial charge in [0, 0.05) is 12.5 Å². The van der Waals surface area contributed by atoms with Gasteiger partial charge in [-0.25, -0.2) is 9.59 Å². The summed E-state index contributed by atoms with van der Waals surface area (Å²) in [4.78, 5) is 24.9. The van der Waals surface area contributed by atoms with Gasteiger partial charge in [-0.05, 0) is 30.0 Å². The van der Waals surface area contributed by atoms with Crippen molar-refractivity contribution in [2.75, 3.05) is 6.61 Å². The summed E-state index contributed by atoms with van der Waals surface area (Å²) in [7, 11) is 0. The molecule has 0 aromatic heterocycles. The van der Waals surface area contributed by atoms with E-state index in [9.17, 15) is 9.59 Å². The van der Waals surface area contributed by atoms with Crippen LogP contribution in [0.15, 0.2) is 66.7 Å². The van der Waals surface area contributed by atoms with Crippen molar-refractivity contribution in [3.05, 3.63) is 77.9 Å². The molecule has 1 aliphatic heterocycles. The molecule has 4 nitrogen and oxygen atoms in total.